The van der Waals surface area contributed by atoms with Crippen LogP contribution in [0.15, 0.2) is 60.7 Å². The van der Waals surface area contributed by atoms with E-state index in [0.717, 1.165) is 5.56 Å². The molecule has 0 fully saturated rings. The van der Waals surface area contributed by atoms with E-state index in [2.05, 4.69) is 15.5 Å². The first kappa shape index (κ1) is 22.5. The van der Waals surface area contributed by atoms with E-state index in [0.29, 0.717) is 22.2 Å². The molecule has 10 nitrogen and oxygen atoms in total. The quantitative estimate of drug-likeness (QED) is 0.237. The first-order chi connectivity index (χ1) is 16.9. The Morgan fingerprint density at radius 3 is 2.69 bits per heavy atom. The molecule has 0 spiro atoms. The van der Waals surface area contributed by atoms with Crippen molar-refractivity contribution >= 4 is 40.5 Å². The number of carbonyl (C=O) groups is 1. The highest BCUT2D eigenvalue weighted by molar-refractivity contribution is 6.35. The fourth-order valence-electron chi connectivity index (χ4n) is 3.35. The SMILES string of the molecule is O=C(Nc1cc(Oc2ccc(Cl)cc2Cl)cc([N+](=O)[O-])c1)c1cc(-c2ccc3c(c2)OCO3)n[nH]1. The average molecular weight is 513 g/mol. The molecule has 1 amide bonds. The largest absolute Gasteiger partial charge is 0.455 e. The van der Waals surface area contributed by atoms with Gasteiger partial charge in [-0.2, -0.15) is 5.10 Å². The van der Waals surface area contributed by atoms with E-state index in [4.69, 9.17) is 37.4 Å². The Bertz CT molecular complexity index is 1470. The summed E-state index contributed by atoms with van der Waals surface area (Å²) in [4.78, 5) is 23.6. The van der Waals surface area contributed by atoms with Gasteiger partial charge in [0.25, 0.3) is 11.6 Å². The molecule has 0 bridgehead atoms. The molecule has 0 aliphatic carbocycles. The molecular formula is C23H14Cl2N4O6. The number of non-ortho nitro benzene ring substituents is 1. The molecule has 4 aromatic rings. The number of nitrogens with one attached hydrogen (secondary N) is 2. The highest BCUT2D eigenvalue weighted by Crippen LogP contribution is 2.36. The fourth-order valence-corrected chi connectivity index (χ4v) is 3.79. The zero-order chi connectivity index (χ0) is 24.5. The number of carbonyl (C=O) groups excluding carboxylic acids is 1. The van der Waals surface area contributed by atoms with Crippen LogP contribution in [-0.2, 0) is 0 Å². The molecule has 2 N–H and O–H groups in total. The zero-order valence-corrected chi connectivity index (χ0v) is 19.1. The predicted octanol–water partition coefficient (Wildman–Crippen LogP) is 6.07. The molecule has 12 heteroatoms. The number of rotatable bonds is 6. The number of hydrogen-bond acceptors (Lipinski definition) is 7. The van der Waals surface area contributed by atoms with Crippen LogP contribution in [0.3, 0.4) is 0 Å². The maximum atomic E-state index is 12.8. The second-order valence-electron chi connectivity index (χ2n) is 7.34. The van der Waals surface area contributed by atoms with Crippen molar-refractivity contribution in [3.8, 4) is 34.3 Å². The lowest BCUT2D eigenvalue weighted by atomic mass is 10.1. The van der Waals surface area contributed by atoms with Crippen LogP contribution in [0.4, 0.5) is 11.4 Å². The summed E-state index contributed by atoms with van der Waals surface area (Å²) in [5.74, 6) is 1.01. The molecule has 176 valence electrons. The number of aromatic amines is 1. The van der Waals surface area contributed by atoms with E-state index >= 15 is 0 Å². The highest BCUT2D eigenvalue weighted by Gasteiger charge is 2.18. The van der Waals surface area contributed by atoms with E-state index in [9.17, 15) is 14.9 Å². The summed E-state index contributed by atoms with van der Waals surface area (Å²) < 4.78 is 16.4. The van der Waals surface area contributed by atoms with E-state index < -0.39 is 10.8 Å². The molecule has 0 atom stereocenters. The van der Waals surface area contributed by atoms with Gasteiger partial charge in [0.1, 0.15) is 17.2 Å². The normalized spacial score (nSPS) is 11.8. The van der Waals surface area contributed by atoms with Gasteiger partial charge in [0.15, 0.2) is 11.5 Å². The molecule has 0 radical (unpaired) electrons. The third-order valence-corrected chi connectivity index (χ3v) is 5.50. The molecule has 3 aromatic carbocycles. The number of aromatic nitrogens is 2. The van der Waals surface area contributed by atoms with Crippen molar-refractivity contribution in [1.82, 2.24) is 10.2 Å². The predicted molar refractivity (Wildman–Crippen MR) is 128 cm³/mol. The molecule has 1 aromatic heterocycles. The van der Waals surface area contributed by atoms with Gasteiger partial charge in [0.05, 0.1) is 27.4 Å². The van der Waals surface area contributed by atoms with Crippen molar-refractivity contribution in [2.45, 2.75) is 0 Å². The molecule has 0 saturated carbocycles. The van der Waals surface area contributed by atoms with Crippen molar-refractivity contribution in [2.24, 2.45) is 0 Å². The van der Waals surface area contributed by atoms with E-state index in [1.807, 2.05) is 0 Å². The van der Waals surface area contributed by atoms with Gasteiger partial charge in [0.2, 0.25) is 6.79 Å². The lowest BCUT2D eigenvalue weighted by molar-refractivity contribution is -0.384. The van der Waals surface area contributed by atoms with Gasteiger partial charge < -0.3 is 19.5 Å². The summed E-state index contributed by atoms with van der Waals surface area (Å²) in [7, 11) is 0. The van der Waals surface area contributed by atoms with Gasteiger partial charge in [-0.05, 0) is 42.5 Å². The molecule has 1 aliphatic rings. The van der Waals surface area contributed by atoms with E-state index in [1.165, 1.54) is 30.3 Å². The van der Waals surface area contributed by atoms with Crippen LogP contribution < -0.4 is 19.5 Å². The van der Waals surface area contributed by atoms with Gasteiger partial charge >= 0.3 is 0 Å². The molecule has 35 heavy (non-hydrogen) atoms. The van der Waals surface area contributed by atoms with E-state index in [-0.39, 0.29) is 40.4 Å². The molecule has 1 aliphatic heterocycles. The molecule has 5 rings (SSSR count). The van der Waals surface area contributed by atoms with Crippen LogP contribution in [0.25, 0.3) is 11.3 Å². The molecule has 2 heterocycles. The topological polar surface area (TPSA) is 129 Å². The summed E-state index contributed by atoms with van der Waals surface area (Å²) in [6.07, 6.45) is 0. The molecular weight excluding hydrogens is 499 g/mol. The monoisotopic (exact) mass is 512 g/mol. The lowest BCUT2D eigenvalue weighted by Crippen LogP contribution is -2.12. The maximum Gasteiger partial charge on any atom is 0.275 e. The van der Waals surface area contributed by atoms with Gasteiger partial charge in [-0.15, -0.1) is 0 Å². The Morgan fingerprint density at radius 1 is 1.06 bits per heavy atom. The van der Waals surface area contributed by atoms with E-state index in [1.54, 1.807) is 30.3 Å². The van der Waals surface area contributed by atoms with Crippen molar-refractivity contribution < 1.29 is 23.9 Å². The summed E-state index contributed by atoms with van der Waals surface area (Å²) in [5, 5.41) is 21.5. The van der Waals surface area contributed by atoms with Gasteiger partial charge in [-0.25, -0.2) is 0 Å². The number of fused-ring (bicyclic) bond motifs is 1. The van der Waals surface area contributed by atoms with Gasteiger partial charge in [0, 0.05) is 22.7 Å². The second-order valence-corrected chi connectivity index (χ2v) is 8.18. The minimum Gasteiger partial charge on any atom is -0.455 e. The van der Waals surface area contributed by atoms with Crippen LogP contribution in [0.5, 0.6) is 23.0 Å². The average Bonchev–Trinajstić information content (AvgIpc) is 3.50. The number of amides is 1. The Labute approximate surface area is 207 Å². The minimum atomic E-state index is -0.597. The summed E-state index contributed by atoms with van der Waals surface area (Å²) >= 11 is 12.0. The number of halogens is 2. The summed E-state index contributed by atoms with van der Waals surface area (Å²) in [6.45, 7) is 0.145. The number of anilines is 1. The van der Waals surface area contributed by atoms with Crippen LogP contribution >= 0.6 is 23.2 Å². The number of nitrogens with zero attached hydrogens (tertiary/aromatic N) is 2. The minimum absolute atomic E-state index is 0.101. The van der Waals surface area contributed by atoms with Crippen molar-refractivity contribution in [3.63, 3.8) is 0 Å². The number of hydrogen-bond donors (Lipinski definition) is 2. The third-order valence-electron chi connectivity index (χ3n) is 4.97. The summed E-state index contributed by atoms with van der Waals surface area (Å²) in [5.41, 5.74) is 1.23. The van der Waals surface area contributed by atoms with Crippen molar-refractivity contribution in [1.29, 1.82) is 0 Å². The van der Waals surface area contributed by atoms with Crippen LogP contribution in [0.2, 0.25) is 10.0 Å². The standard InChI is InChI=1S/C23H14Cl2N4O6/c24-13-2-4-20(17(25)6-13)35-16-8-14(7-15(9-16)29(31)32)26-23(30)19-10-18(27-28-19)12-1-3-21-22(5-12)34-11-33-21/h1-10H,11H2,(H,26,30)(H,27,28). The number of nitro groups is 1. The number of nitro benzene ring substituents is 1. The van der Waals surface area contributed by atoms with Crippen LogP contribution in [0, 0.1) is 10.1 Å². The van der Waals surface area contributed by atoms with Crippen molar-refractivity contribution in [3.05, 3.63) is 86.5 Å². The number of H-pyrrole nitrogens is 1. The molecule has 0 saturated heterocycles. The zero-order valence-electron chi connectivity index (χ0n) is 17.6. The van der Waals surface area contributed by atoms with Gasteiger partial charge in [-0.3, -0.25) is 20.0 Å². The Morgan fingerprint density at radius 2 is 1.89 bits per heavy atom. The Balaban J connectivity index is 1.37. The molecule has 0 unspecified atom stereocenters. The Kier molecular flexibility index (Phi) is 5.89. The fraction of sp³-hybridized carbons (Fsp3) is 0.0435. The first-order valence-electron chi connectivity index (χ1n) is 10.0. The first-order valence-corrected chi connectivity index (χ1v) is 10.8. The lowest BCUT2D eigenvalue weighted by Gasteiger charge is -2.10. The van der Waals surface area contributed by atoms with Crippen LogP contribution in [0.1, 0.15) is 10.5 Å². The van der Waals surface area contributed by atoms with Crippen molar-refractivity contribution in [2.75, 3.05) is 12.1 Å². The van der Waals surface area contributed by atoms with Crippen LogP contribution in [-0.4, -0.2) is 27.8 Å². The number of benzene rings is 3. The second kappa shape index (κ2) is 9.16. The third kappa shape index (κ3) is 4.84. The summed E-state index contributed by atoms with van der Waals surface area (Å²) in [6, 6.07) is 15.3. The Hall–Kier alpha value is -4.28. The highest BCUT2D eigenvalue weighted by atomic mass is 35.5. The number of ether oxygens (including phenoxy) is 3. The maximum absolute atomic E-state index is 12.8. The smallest absolute Gasteiger partial charge is 0.275 e. The van der Waals surface area contributed by atoms with Gasteiger partial charge in [-0.1, -0.05) is 23.2 Å².